The molecule has 0 saturated carbocycles. The quantitative estimate of drug-likeness (QED) is 0.230. The van der Waals surface area contributed by atoms with Gasteiger partial charge in [0, 0.05) is 22.9 Å². The summed E-state index contributed by atoms with van der Waals surface area (Å²) >= 11 is 1.60. The molecule has 0 bridgehead atoms. The van der Waals surface area contributed by atoms with Gasteiger partial charge in [-0.15, -0.1) is 0 Å². The average Bonchev–Trinajstić information content (AvgIpc) is 3.62. The molecule has 0 radical (unpaired) electrons. The van der Waals surface area contributed by atoms with Crippen LogP contribution in [-0.4, -0.2) is 19.9 Å². The zero-order valence-electron chi connectivity index (χ0n) is 20.9. The fourth-order valence-electron chi connectivity index (χ4n) is 5.08. The van der Waals surface area contributed by atoms with E-state index in [2.05, 4.69) is 41.8 Å². The molecule has 5 nitrogen and oxygen atoms in total. The number of anilines is 1. The van der Waals surface area contributed by atoms with Gasteiger partial charge in [-0.3, -0.25) is 0 Å². The molecule has 2 N–H and O–H groups in total. The third kappa shape index (κ3) is 4.31. The molecule has 2 heterocycles. The first-order valence-corrected chi connectivity index (χ1v) is 13.6. The highest BCUT2D eigenvalue weighted by atomic mass is 32.1. The number of phenols is 1. The standard InChI is InChI=1S/C33H24N4OS/c38-28-20-19-22-11-7-8-16-25(22)30(28)32(35-33-34-27-17-9-10-18-29(27)39-33)26-21-37(24-14-5-2-6-15-24)36-31(26)23-12-3-1-4-13-23/h1-21,32,38H,(H,34,35). The Kier molecular flexibility index (Phi) is 5.79. The van der Waals surface area contributed by atoms with E-state index in [1.165, 1.54) is 0 Å². The number of nitrogens with zero attached hydrogens (tertiary/aromatic N) is 3. The molecule has 39 heavy (non-hydrogen) atoms. The van der Waals surface area contributed by atoms with E-state index in [0.29, 0.717) is 0 Å². The van der Waals surface area contributed by atoms with Crippen LogP contribution in [0.2, 0.25) is 0 Å². The number of aromatic nitrogens is 3. The molecule has 0 aliphatic rings. The number of aromatic hydroxyl groups is 1. The van der Waals surface area contributed by atoms with Crippen molar-refractivity contribution in [3.8, 4) is 22.7 Å². The number of para-hydroxylation sites is 2. The fraction of sp³-hybridized carbons (Fsp3) is 0.0303. The van der Waals surface area contributed by atoms with E-state index in [0.717, 1.165) is 54.2 Å². The second-order valence-electron chi connectivity index (χ2n) is 9.36. The number of hydrogen-bond acceptors (Lipinski definition) is 5. The van der Waals surface area contributed by atoms with Gasteiger partial charge in [-0.1, -0.05) is 102 Å². The monoisotopic (exact) mass is 524 g/mol. The molecule has 6 heteroatoms. The van der Waals surface area contributed by atoms with Crippen molar-refractivity contribution < 1.29 is 5.11 Å². The number of fused-ring (bicyclic) bond motifs is 2. The lowest BCUT2D eigenvalue weighted by Crippen LogP contribution is -2.13. The molecule has 2 aromatic heterocycles. The topological polar surface area (TPSA) is 63.0 Å². The Morgan fingerprint density at radius 3 is 2.28 bits per heavy atom. The molecule has 1 atom stereocenters. The first kappa shape index (κ1) is 23.2. The minimum atomic E-state index is -0.427. The van der Waals surface area contributed by atoms with E-state index in [1.54, 1.807) is 17.4 Å². The summed E-state index contributed by atoms with van der Waals surface area (Å²) in [6, 6.07) is 39.8. The van der Waals surface area contributed by atoms with Crippen LogP contribution in [0.5, 0.6) is 5.75 Å². The lowest BCUT2D eigenvalue weighted by Gasteiger charge is -2.22. The van der Waals surface area contributed by atoms with Gasteiger partial charge in [-0.05, 0) is 41.1 Å². The lowest BCUT2D eigenvalue weighted by atomic mass is 9.91. The first-order chi connectivity index (χ1) is 19.2. The van der Waals surface area contributed by atoms with Gasteiger partial charge in [0.05, 0.1) is 27.6 Å². The van der Waals surface area contributed by atoms with Crippen molar-refractivity contribution in [1.29, 1.82) is 0 Å². The molecule has 0 aliphatic carbocycles. The van der Waals surface area contributed by atoms with Gasteiger partial charge in [0.1, 0.15) is 5.75 Å². The number of hydrogen-bond donors (Lipinski definition) is 2. The van der Waals surface area contributed by atoms with Crippen LogP contribution in [0.25, 0.3) is 37.9 Å². The highest BCUT2D eigenvalue weighted by molar-refractivity contribution is 7.22. The van der Waals surface area contributed by atoms with E-state index < -0.39 is 6.04 Å². The fourth-order valence-corrected chi connectivity index (χ4v) is 5.98. The molecule has 0 saturated heterocycles. The molecule has 7 aromatic rings. The van der Waals surface area contributed by atoms with Crippen molar-refractivity contribution >= 4 is 37.5 Å². The first-order valence-electron chi connectivity index (χ1n) is 12.8. The van der Waals surface area contributed by atoms with Crippen molar-refractivity contribution in [2.24, 2.45) is 0 Å². The van der Waals surface area contributed by atoms with Crippen LogP contribution >= 0.6 is 11.3 Å². The molecular weight excluding hydrogens is 500 g/mol. The second-order valence-corrected chi connectivity index (χ2v) is 10.4. The minimum Gasteiger partial charge on any atom is -0.508 e. The zero-order chi connectivity index (χ0) is 26.2. The van der Waals surface area contributed by atoms with E-state index in [1.807, 2.05) is 89.6 Å². The molecule has 1 unspecified atom stereocenters. The zero-order valence-corrected chi connectivity index (χ0v) is 21.7. The Bertz CT molecular complexity index is 1880. The number of phenolic OH excluding ortho intramolecular Hbond substituents is 1. The van der Waals surface area contributed by atoms with E-state index in [-0.39, 0.29) is 5.75 Å². The maximum atomic E-state index is 11.4. The van der Waals surface area contributed by atoms with Crippen LogP contribution in [0, 0.1) is 0 Å². The number of benzene rings is 5. The van der Waals surface area contributed by atoms with E-state index in [9.17, 15) is 5.11 Å². The van der Waals surface area contributed by atoms with Crippen molar-refractivity contribution in [3.63, 3.8) is 0 Å². The number of thiazole rings is 1. The molecule has 0 fully saturated rings. The molecule has 0 spiro atoms. The second kappa shape index (κ2) is 9.74. The molecule has 0 amide bonds. The Hall–Kier alpha value is -4.94. The Labute approximate surface area is 229 Å². The average molecular weight is 525 g/mol. The highest BCUT2D eigenvalue weighted by Crippen LogP contribution is 2.42. The molecular formula is C33H24N4OS. The Balaban J connectivity index is 1.49. The van der Waals surface area contributed by atoms with Gasteiger partial charge in [-0.25, -0.2) is 9.67 Å². The van der Waals surface area contributed by atoms with Gasteiger partial charge in [0.2, 0.25) is 0 Å². The minimum absolute atomic E-state index is 0.221. The predicted octanol–water partition coefficient (Wildman–Crippen LogP) is 8.21. The van der Waals surface area contributed by atoms with Crippen LogP contribution in [0.3, 0.4) is 0 Å². The molecule has 7 rings (SSSR count). The number of nitrogens with one attached hydrogen (secondary N) is 1. The summed E-state index contributed by atoms with van der Waals surface area (Å²) in [4.78, 5) is 4.88. The van der Waals surface area contributed by atoms with Crippen LogP contribution in [0.15, 0.2) is 128 Å². The molecule has 188 valence electrons. The van der Waals surface area contributed by atoms with Crippen molar-refractivity contribution in [2.45, 2.75) is 6.04 Å². The predicted molar refractivity (Wildman–Crippen MR) is 160 cm³/mol. The Morgan fingerprint density at radius 1 is 0.744 bits per heavy atom. The summed E-state index contributed by atoms with van der Waals surface area (Å²) in [6.45, 7) is 0. The smallest absolute Gasteiger partial charge is 0.184 e. The Morgan fingerprint density at radius 2 is 1.46 bits per heavy atom. The van der Waals surface area contributed by atoms with E-state index in [4.69, 9.17) is 10.1 Å². The van der Waals surface area contributed by atoms with Gasteiger partial charge in [0.25, 0.3) is 0 Å². The third-order valence-electron chi connectivity index (χ3n) is 6.92. The molecule has 5 aromatic carbocycles. The maximum Gasteiger partial charge on any atom is 0.184 e. The highest BCUT2D eigenvalue weighted by Gasteiger charge is 2.27. The molecule has 0 aliphatic heterocycles. The summed E-state index contributed by atoms with van der Waals surface area (Å²) in [7, 11) is 0. The van der Waals surface area contributed by atoms with Crippen molar-refractivity contribution in [1.82, 2.24) is 14.8 Å². The summed E-state index contributed by atoms with van der Waals surface area (Å²) in [5, 5.41) is 22.9. The summed E-state index contributed by atoms with van der Waals surface area (Å²) in [5.74, 6) is 0.221. The number of rotatable bonds is 6. The summed E-state index contributed by atoms with van der Waals surface area (Å²) < 4.78 is 3.01. The van der Waals surface area contributed by atoms with Gasteiger partial charge in [-0.2, -0.15) is 5.10 Å². The third-order valence-corrected chi connectivity index (χ3v) is 7.89. The van der Waals surface area contributed by atoms with Crippen LogP contribution in [-0.2, 0) is 0 Å². The maximum absolute atomic E-state index is 11.4. The van der Waals surface area contributed by atoms with Crippen molar-refractivity contribution in [3.05, 3.63) is 139 Å². The van der Waals surface area contributed by atoms with Crippen LogP contribution < -0.4 is 5.32 Å². The SMILES string of the molecule is Oc1ccc2ccccc2c1C(Nc1nc2ccccc2s1)c1cn(-c2ccccc2)nc1-c1ccccc1. The van der Waals surface area contributed by atoms with Gasteiger partial charge >= 0.3 is 0 Å². The van der Waals surface area contributed by atoms with Gasteiger partial charge < -0.3 is 10.4 Å². The van der Waals surface area contributed by atoms with Crippen molar-refractivity contribution in [2.75, 3.05) is 5.32 Å². The summed E-state index contributed by atoms with van der Waals surface area (Å²) in [6.07, 6.45) is 2.06. The van der Waals surface area contributed by atoms with E-state index >= 15 is 0 Å². The largest absolute Gasteiger partial charge is 0.508 e. The lowest BCUT2D eigenvalue weighted by molar-refractivity contribution is 0.468. The van der Waals surface area contributed by atoms with Gasteiger partial charge in [0.15, 0.2) is 5.13 Å². The van der Waals surface area contributed by atoms with Crippen LogP contribution in [0.4, 0.5) is 5.13 Å². The van der Waals surface area contributed by atoms with Crippen LogP contribution in [0.1, 0.15) is 17.2 Å². The normalized spacial score (nSPS) is 12.1. The summed E-state index contributed by atoms with van der Waals surface area (Å²) in [5.41, 5.74) is 5.47.